The van der Waals surface area contributed by atoms with Crippen LogP contribution in [0, 0.1) is 0 Å². The molecule has 1 aromatic heterocycles. The molecule has 2 aromatic rings. The topological polar surface area (TPSA) is 38.9 Å². The summed E-state index contributed by atoms with van der Waals surface area (Å²) in [6, 6.07) is 8.19. The van der Waals surface area contributed by atoms with E-state index in [1.54, 1.807) is 18.2 Å². The lowest BCUT2D eigenvalue weighted by Crippen LogP contribution is -2.10. The SMILES string of the molecule is C=C/C=C(\C=C)c1nnc(-c2ccc(C(C)(C)C)cc2)o1. The normalized spacial score (nSPS) is 12.2. The first-order valence-electron chi connectivity index (χ1n) is 6.85. The van der Waals surface area contributed by atoms with Gasteiger partial charge in [-0.25, -0.2) is 0 Å². The molecule has 0 unspecified atom stereocenters. The summed E-state index contributed by atoms with van der Waals surface area (Å²) in [5.41, 5.74) is 3.06. The molecule has 0 spiro atoms. The first kappa shape index (κ1) is 15.0. The van der Waals surface area contributed by atoms with Gasteiger partial charge < -0.3 is 4.42 Å². The maximum Gasteiger partial charge on any atom is 0.248 e. The standard InChI is InChI=1S/C18H20N2O/c1-6-8-13(7-2)16-19-20-17(21-16)14-9-11-15(12-10-14)18(3,4)5/h6-12H,1-2H2,3-5H3/b13-8+. The second-order valence-electron chi connectivity index (χ2n) is 5.80. The summed E-state index contributed by atoms with van der Waals surface area (Å²) in [4.78, 5) is 0. The lowest BCUT2D eigenvalue weighted by molar-refractivity contribution is 0.554. The fraction of sp³-hybridized carbons (Fsp3) is 0.222. The number of benzene rings is 1. The van der Waals surface area contributed by atoms with Crippen molar-refractivity contribution >= 4 is 5.57 Å². The second-order valence-corrected chi connectivity index (χ2v) is 5.80. The zero-order chi connectivity index (χ0) is 15.5. The Bertz CT molecular complexity index is 670. The van der Waals surface area contributed by atoms with Crippen molar-refractivity contribution in [2.24, 2.45) is 0 Å². The molecule has 1 aromatic carbocycles. The minimum Gasteiger partial charge on any atom is -0.416 e. The molecular formula is C18H20N2O. The molecule has 0 fully saturated rings. The molecule has 0 aliphatic heterocycles. The predicted octanol–water partition coefficient (Wildman–Crippen LogP) is 4.79. The van der Waals surface area contributed by atoms with Gasteiger partial charge >= 0.3 is 0 Å². The average molecular weight is 280 g/mol. The van der Waals surface area contributed by atoms with Crippen LogP contribution in [-0.4, -0.2) is 10.2 Å². The fourth-order valence-electron chi connectivity index (χ4n) is 1.92. The number of allylic oxidation sites excluding steroid dienone is 4. The molecule has 3 heteroatoms. The largest absolute Gasteiger partial charge is 0.416 e. The highest BCUT2D eigenvalue weighted by atomic mass is 16.4. The Kier molecular flexibility index (Phi) is 4.22. The van der Waals surface area contributed by atoms with Crippen LogP contribution >= 0.6 is 0 Å². The molecule has 3 nitrogen and oxygen atoms in total. The van der Waals surface area contributed by atoms with Gasteiger partial charge in [-0.3, -0.25) is 0 Å². The van der Waals surface area contributed by atoms with E-state index in [0.717, 1.165) is 11.1 Å². The molecule has 21 heavy (non-hydrogen) atoms. The highest BCUT2D eigenvalue weighted by Crippen LogP contribution is 2.26. The van der Waals surface area contributed by atoms with E-state index in [9.17, 15) is 0 Å². The summed E-state index contributed by atoms with van der Waals surface area (Å²) in [6.45, 7) is 13.9. The Hall–Kier alpha value is -2.42. The van der Waals surface area contributed by atoms with Crippen molar-refractivity contribution in [2.75, 3.05) is 0 Å². The molecule has 0 saturated heterocycles. The Morgan fingerprint density at radius 1 is 1.10 bits per heavy atom. The van der Waals surface area contributed by atoms with Gasteiger partial charge in [-0.1, -0.05) is 64.3 Å². The van der Waals surface area contributed by atoms with Crippen LogP contribution in [0.2, 0.25) is 0 Å². The van der Waals surface area contributed by atoms with Gasteiger partial charge in [-0.15, -0.1) is 10.2 Å². The maximum atomic E-state index is 5.69. The van der Waals surface area contributed by atoms with Gasteiger partial charge in [0.1, 0.15) is 0 Å². The third-order valence-corrected chi connectivity index (χ3v) is 3.19. The molecular weight excluding hydrogens is 260 g/mol. The van der Waals surface area contributed by atoms with Crippen LogP contribution in [-0.2, 0) is 5.41 Å². The van der Waals surface area contributed by atoms with Crippen LogP contribution < -0.4 is 0 Å². The van der Waals surface area contributed by atoms with Crippen LogP contribution in [0.3, 0.4) is 0 Å². The van der Waals surface area contributed by atoms with E-state index in [1.807, 2.05) is 12.1 Å². The van der Waals surface area contributed by atoms with Crippen LogP contribution in [0.15, 0.2) is 60.1 Å². The quantitative estimate of drug-likeness (QED) is 0.756. The first-order chi connectivity index (χ1) is 9.95. The molecule has 0 radical (unpaired) electrons. The van der Waals surface area contributed by atoms with Crippen molar-refractivity contribution < 1.29 is 4.42 Å². The molecule has 0 aliphatic carbocycles. The van der Waals surface area contributed by atoms with Crippen LogP contribution in [0.1, 0.15) is 32.2 Å². The van der Waals surface area contributed by atoms with E-state index in [2.05, 4.69) is 56.3 Å². The maximum absolute atomic E-state index is 5.69. The molecule has 1 heterocycles. The average Bonchev–Trinajstić information content (AvgIpc) is 2.93. The first-order valence-corrected chi connectivity index (χ1v) is 6.85. The van der Waals surface area contributed by atoms with E-state index >= 15 is 0 Å². The predicted molar refractivity (Wildman–Crippen MR) is 86.8 cm³/mol. The van der Waals surface area contributed by atoms with Crippen LogP contribution in [0.5, 0.6) is 0 Å². The van der Waals surface area contributed by atoms with E-state index in [4.69, 9.17) is 4.42 Å². The zero-order valence-electron chi connectivity index (χ0n) is 12.8. The molecule has 108 valence electrons. The third-order valence-electron chi connectivity index (χ3n) is 3.19. The Labute approximate surface area is 125 Å². The Morgan fingerprint density at radius 2 is 1.76 bits per heavy atom. The third kappa shape index (κ3) is 3.37. The summed E-state index contributed by atoms with van der Waals surface area (Å²) < 4.78 is 5.69. The number of nitrogens with zero attached hydrogens (tertiary/aromatic N) is 2. The molecule has 0 aliphatic rings. The van der Waals surface area contributed by atoms with Crippen molar-refractivity contribution in [2.45, 2.75) is 26.2 Å². The summed E-state index contributed by atoms with van der Waals surface area (Å²) in [5, 5.41) is 8.14. The van der Waals surface area contributed by atoms with E-state index < -0.39 is 0 Å². The minimum absolute atomic E-state index is 0.126. The zero-order valence-corrected chi connectivity index (χ0v) is 12.8. The summed E-state index contributed by atoms with van der Waals surface area (Å²) >= 11 is 0. The molecule has 2 rings (SSSR count). The van der Waals surface area contributed by atoms with Gasteiger partial charge in [0.25, 0.3) is 0 Å². The highest BCUT2D eigenvalue weighted by molar-refractivity contribution is 5.69. The molecule has 0 amide bonds. The number of aromatic nitrogens is 2. The smallest absolute Gasteiger partial charge is 0.248 e. The molecule has 0 saturated carbocycles. The number of rotatable bonds is 4. The number of hydrogen-bond acceptors (Lipinski definition) is 3. The highest BCUT2D eigenvalue weighted by Gasteiger charge is 2.15. The van der Waals surface area contributed by atoms with Gasteiger partial charge in [-0.2, -0.15) is 0 Å². The van der Waals surface area contributed by atoms with E-state index in [-0.39, 0.29) is 5.41 Å². The lowest BCUT2D eigenvalue weighted by Gasteiger charge is -2.18. The van der Waals surface area contributed by atoms with E-state index in [0.29, 0.717) is 11.8 Å². The lowest BCUT2D eigenvalue weighted by atomic mass is 9.87. The Morgan fingerprint density at radius 3 is 2.29 bits per heavy atom. The minimum atomic E-state index is 0.126. The van der Waals surface area contributed by atoms with E-state index in [1.165, 1.54) is 5.56 Å². The molecule has 0 atom stereocenters. The van der Waals surface area contributed by atoms with Gasteiger partial charge in [0.2, 0.25) is 11.8 Å². The summed E-state index contributed by atoms with van der Waals surface area (Å²) in [7, 11) is 0. The van der Waals surface area contributed by atoms with Crippen LogP contribution in [0.25, 0.3) is 17.0 Å². The second kappa shape index (κ2) is 5.92. The van der Waals surface area contributed by atoms with Gasteiger partial charge in [0.15, 0.2) is 0 Å². The number of hydrogen-bond donors (Lipinski definition) is 0. The fourth-order valence-corrected chi connectivity index (χ4v) is 1.92. The van der Waals surface area contributed by atoms with Crippen molar-refractivity contribution in [3.8, 4) is 11.5 Å². The Balaban J connectivity index is 2.32. The van der Waals surface area contributed by atoms with Gasteiger partial charge in [0.05, 0.1) is 0 Å². The molecule has 0 bridgehead atoms. The van der Waals surface area contributed by atoms with Gasteiger partial charge in [0, 0.05) is 11.1 Å². The van der Waals surface area contributed by atoms with Crippen molar-refractivity contribution in [3.63, 3.8) is 0 Å². The molecule has 0 N–H and O–H groups in total. The van der Waals surface area contributed by atoms with Gasteiger partial charge in [-0.05, 0) is 23.1 Å². The van der Waals surface area contributed by atoms with Crippen molar-refractivity contribution in [1.29, 1.82) is 0 Å². The monoisotopic (exact) mass is 280 g/mol. The van der Waals surface area contributed by atoms with Crippen LogP contribution in [0.4, 0.5) is 0 Å². The summed E-state index contributed by atoms with van der Waals surface area (Å²) in [5.74, 6) is 0.946. The van der Waals surface area contributed by atoms with Crippen molar-refractivity contribution in [3.05, 3.63) is 67.1 Å². The van der Waals surface area contributed by atoms with Crippen molar-refractivity contribution in [1.82, 2.24) is 10.2 Å². The summed E-state index contributed by atoms with van der Waals surface area (Å²) in [6.07, 6.45) is 5.12.